The van der Waals surface area contributed by atoms with Crippen LogP contribution in [0.1, 0.15) is 40.5 Å². The van der Waals surface area contributed by atoms with Crippen molar-refractivity contribution in [3.63, 3.8) is 0 Å². The summed E-state index contributed by atoms with van der Waals surface area (Å²) in [4.78, 5) is 11.6. The van der Waals surface area contributed by atoms with E-state index in [0.29, 0.717) is 12.3 Å². The van der Waals surface area contributed by atoms with Crippen LogP contribution in [0, 0.1) is 11.8 Å². The van der Waals surface area contributed by atoms with Gasteiger partial charge in [-0.1, -0.05) is 27.2 Å². The van der Waals surface area contributed by atoms with Crippen molar-refractivity contribution in [3.8, 4) is 0 Å². The predicted molar refractivity (Wildman–Crippen MR) is 57.9 cm³/mol. The summed E-state index contributed by atoms with van der Waals surface area (Å²) in [5.41, 5.74) is 0. The average Bonchev–Trinajstić information content (AvgIpc) is 2.15. The third kappa shape index (κ3) is 4.61. The number of hydrogen-bond donors (Lipinski definition) is 2. The van der Waals surface area contributed by atoms with Crippen LogP contribution in [0.4, 0.5) is 0 Å². The van der Waals surface area contributed by atoms with Crippen LogP contribution >= 0.6 is 0 Å². The second-order valence-electron chi connectivity index (χ2n) is 4.10. The van der Waals surface area contributed by atoms with Gasteiger partial charge in [0.2, 0.25) is 5.91 Å². The lowest BCUT2D eigenvalue weighted by molar-refractivity contribution is -0.126. The first-order valence-electron chi connectivity index (χ1n) is 5.44. The predicted octanol–water partition coefficient (Wildman–Crippen LogP) is 1.56. The molecule has 0 spiro atoms. The summed E-state index contributed by atoms with van der Waals surface area (Å²) in [5, 5.41) is 11.6. The van der Waals surface area contributed by atoms with Crippen LogP contribution in [0.2, 0.25) is 0 Å². The molecule has 0 aromatic carbocycles. The number of carbonyl (C=O) groups is 1. The van der Waals surface area contributed by atoms with E-state index in [1.807, 2.05) is 13.8 Å². The van der Waals surface area contributed by atoms with Gasteiger partial charge in [0.25, 0.3) is 0 Å². The van der Waals surface area contributed by atoms with E-state index in [1.54, 1.807) is 0 Å². The number of rotatable bonds is 6. The molecule has 0 saturated heterocycles. The first-order chi connectivity index (χ1) is 6.52. The Balaban J connectivity index is 3.94. The largest absolute Gasteiger partial charge is 0.396 e. The average molecular weight is 201 g/mol. The van der Waals surface area contributed by atoms with E-state index < -0.39 is 0 Å². The number of aliphatic hydroxyl groups excluding tert-OH is 1. The highest BCUT2D eigenvalue weighted by Gasteiger charge is 2.19. The number of aliphatic hydroxyl groups is 1. The fourth-order valence-corrected chi connectivity index (χ4v) is 1.25. The minimum absolute atomic E-state index is 0.0566. The van der Waals surface area contributed by atoms with Gasteiger partial charge in [-0.05, 0) is 19.3 Å². The van der Waals surface area contributed by atoms with Gasteiger partial charge in [-0.15, -0.1) is 0 Å². The van der Waals surface area contributed by atoms with E-state index in [0.717, 1.165) is 6.42 Å². The molecule has 0 rings (SSSR count). The first kappa shape index (κ1) is 13.4. The van der Waals surface area contributed by atoms with E-state index in [4.69, 9.17) is 5.11 Å². The third-order valence-corrected chi connectivity index (χ3v) is 2.86. The van der Waals surface area contributed by atoms with Gasteiger partial charge in [0.1, 0.15) is 0 Å². The highest BCUT2D eigenvalue weighted by molar-refractivity contribution is 5.78. The lowest BCUT2D eigenvalue weighted by Gasteiger charge is -2.20. The molecule has 0 aromatic rings. The number of hydrogen-bond acceptors (Lipinski definition) is 2. The van der Waals surface area contributed by atoms with Crippen molar-refractivity contribution >= 4 is 5.91 Å². The topological polar surface area (TPSA) is 49.3 Å². The summed E-state index contributed by atoms with van der Waals surface area (Å²) in [5.74, 6) is 0.567. The molecular formula is C11H23NO2. The van der Waals surface area contributed by atoms with Crippen molar-refractivity contribution in [2.45, 2.75) is 46.6 Å². The molecular weight excluding hydrogens is 178 g/mol. The van der Waals surface area contributed by atoms with E-state index in [1.165, 1.54) is 0 Å². The SMILES string of the molecule is CCC(C)C(C)C(=O)NC(C)CCO. The van der Waals surface area contributed by atoms with Crippen LogP contribution in [0.15, 0.2) is 0 Å². The van der Waals surface area contributed by atoms with Crippen LogP contribution in [0.3, 0.4) is 0 Å². The molecule has 0 aliphatic carbocycles. The summed E-state index contributed by atoms with van der Waals surface area (Å²) < 4.78 is 0. The maximum absolute atomic E-state index is 11.6. The van der Waals surface area contributed by atoms with Gasteiger partial charge in [0, 0.05) is 18.6 Å². The van der Waals surface area contributed by atoms with Gasteiger partial charge in [0.15, 0.2) is 0 Å². The molecule has 0 aliphatic heterocycles. The minimum atomic E-state index is 0.0566. The van der Waals surface area contributed by atoms with Crippen molar-refractivity contribution in [1.82, 2.24) is 5.32 Å². The zero-order valence-corrected chi connectivity index (χ0v) is 9.71. The van der Waals surface area contributed by atoms with E-state index in [2.05, 4.69) is 19.2 Å². The Morgan fingerprint density at radius 3 is 2.36 bits per heavy atom. The summed E-state index contributed by atoms with van der Waals surface area (Å²) >= 11 is 0. The zero-order chi connectivity index (χ0) is 11.1. The van der Waals surface area contributed by atoms with Gasteiger partial charge in [-0.25, -0.2) is 0 Å². The standard InChI is InChI=1S/C11H23NO2/c1-5-8(2)10(4)11(14)12-9(3)6-7-13/h8-10,13H,5-7H2,1-4H3,(H,12,14). The molecule has 84 valence electrons. The first-order valence-corrected chi connectivity index (χ1v) is 5.44. The molecule has 14 heavy (non-hydrogen) atoms. The molecule has 3 unspecified atom stereocenters. The molecule has 0 bridgehead atoms. The Bertz CT molecular complexity index is 171. The third-order valence-electron chi connectivity index (χ3n) is 2.86. The zero-order valence-electron chi connectivity index (χ0n) is 9.71. The lowest BCUT2D eigenvalue weighted by Crippen LogP contribution is -2.38. The van der Waals surface area contributed by atoms with Crippen LogP contribution in [-0.4, -0.2) is 23.7 Å². The summed E-state index contributed by atoms with van der Waals surface area (Å²) in [7, 11) is 0. The van der Waals surface area contributed by atoms with E-state index in [-0.39, 0.29) is 24.5 Å². The summed E-state index contributed by atoms with van der Waals surface area (Å²) in [6.07, 6.45) is 1.64. The number of amides is 1. The van der Waals surface area contributed by atoms with Gasteiger partial charge in [-0.2, -0.15) is 0 Å². The molecule has 0 aliphatic rings. The van der Waals surface area contributed by atoms with Crippen LogP contribution in [-0.2, 0) is 4.79 Å². The van der Waals surface area contributed by atoms with Crippen LogP contribution in [0.25, 0.3) is 0 Å². The molecule has 0 saturated carbocycles. The summed E-state index contributed by atoms with van der Waals surface area (Å²) in [6, 6.07) is 0.0685. The van der Waals surface area contributed by atoms with Crippen molar-refractivity contribution in [2.75, 3.05) is 6.61 Å². The van der Waals surface area contributed by atoms with Crippen molar-refractivity contribution in [3.05, 3.63) is 0 Å². The summed E-state index contributed by atoms with van der Waals surface area (Å²) in [6.45, 7) is 8.17. The van der Waals surface area contributed by atoms with Gasteiger partial charge in [0.05, 0.1) is 0 Å². The number of carbonyl (C=O) groups excluding carboxylic acids is 1. The Labute approximate surface area is 86.9 Å². The molecule has 1 amide bonds. The maximum atomic E-state index is 11.6. The van der Waals surface area contributed by atoms with E-state index >= 15 is 0 Å². The monoisotopic (exact) mass is 201 g/mol. The van der Waals surface area contributed by atoms with Crippen LogP contribution < -0.4 is 5.32 Å². The second-order valence-corrected chi connectivity index (χ2v) is 4.10. The van der Waals surface area contributed by atoms with Crippen molar-refractivity contribution in [2.24, 2.45) is 11.8 Å². The Morgan fingerprint density at radius 2 is 1.93 bits per heavy atom. The van der Waals surface area contributed by atoms with E-state index in [9.17, 15) is 4.79 Å². The molecule has 3 nitrogen and oxygen atoms in total. The quantitative estimate of drug-likeness (QED) is 0.685. The molecule has 0 heterocycles. The fraction of sp³-hybridized carbons (Fsp3) is 0.909. The smallest absolute Gasteiger partial charge is 0.223 e. The lowest BCUT2D eigenvalue weighted by atomic mass is 9.92. The number of nitrogens with one attached hydrogen (secondary N) is 1. The molecule has 0 fully saturated rings. The molecule has 2 N–H and O–H groups in total. The van der Waals surface area contributed by atoms with Gasteiger partial charge in [-0.3, -0.25) is 4.79 Å². The molecule has 3 atom stereocenters. The second kappa shape index (κ2) is 6.82. The maximum Gasteiger partial charge on any atom is 0.223 e. The normalized spacial score (nSPS) is 17.2. The van der Waals surface area contributed by atoms with Gasteiger partial charge >= 0.3 is 0 Å². The van der Waals surface area contributed by atoms with Crippen molar-refractivity contribution < 1.29 is 9.90 Å². The molecule has 3 heteroatoms. The fourth-order valence-electron chi connectivity index (χ4n) is 1.25. The van der Waals surface area contributed by atoms with Crippen molar-refractivity contribution in [1.29, 1.82) is 0 Å². The highest BCUT2D eigenvalue weighted by Crippen LogP contribution is 2.14. The molecule has 0 aromatic heterocycles. The highest BCUT2D eigenvalue weighted by atomic mass is 16.3. The molecule has 0 radical (unpaired) electrons. The Hall–Kier alpha value is -0.570. The van der Waals surface area contributed by atoms with Crippen LogP contribution in [0.5, 0.6) is 0 Å². The Kier molecular flexibility index (Phi) is 6.54. The minimum Gasteiger partial charge on any atom is -0.396 e. The van der Waals surface area contributed by atoms with Gasteiger partial charge < -0.3 is 10.4 Å². The Morgan fingerprint density at radius 1 is 1.36 bits per heavy atom.